The highest BCUT2D eigenvalue weighted by Crippen LogP contribution is 2.52. The Morgan fingerprint density at radius 3 is 1.39 bits per heavy atom. The lowest BCUT2D eigenvalue weighted by molar-refractivity contribution is 0.0926. The summed E-state index contributed by atoms with van der Waals surface area (Å²) in [4.78, 5) is 64.6. The quantitative estimate of drug-likeness (QED) is 0.0200. The van der Waals surface area contributed by atoms with Crippen LogP contribution >= 0.6 is 59.9 Å². The number of ether oxygens (including phenoxy) is 6. The maximum Gasteiger partial charge on any atom is 0.251 e. The lowest BCUT2D eigenvalue weighted by Gasteiger charge is -2.20. The van der Waals surface area contributed by atoms with E-state index in [0.717, 1.165) is 69.1 Å². The Labute approximate surface area is 484 Å². The van der Waals surface area contributed by atoms with Gasteiger partial charge in [-0.1, -0.05) is 43.8 Å². The molecule has 0 radical (unpaired) electrons. The van der Waals surface area contributed by atoms with Crippen molar-refractivity contribution in [2.75, 3.05) is 62.3 Å². The molecular formula is C58H67ClN4O12S4. The molecule has 2 amide bonds. The number of benzene rings is 4. The molecule has 0 aliphatic heterocycles. The van der Waals surface area contributed by atoms with Gasteiger partial charge in [0.1, 0.15) is 0 Å². The zero-order valence-electron chi connectivity index (χ0n) is 44.6. The molecule has 0 spiro atoms. The Hall–Kier alpha value is -6.39. The fraction of sp³-hybridized carbons (Fsp3) is 0.310. The van der Waals surface area contributed by atoms with Crippen LogP contribution in [0, 0.1) is 4.91 Å². The Kier molecular flexibility index (Phi) is 26.4. The van der Waals surface area contributed by atoms with Crippen LogP contribution < -0.4 is 55.2 Å². The summed E-state index contributed by atoms with van der Waals surface area (Å²) in [7, 11) is 10.4. The zero-order chi connectivity index (χ0) is 57.1. The number of halogens is 1. The van der Waals surface area contributed by atoms with Gasteiger partial charge in [-0.05, 0) is 155 Å². The number of nitrogens with zero attached hydrogens (tertiary/aromatic N) is 1. The number of nitrogens with two attached hydrogens (primary N) is 1. The van der Waals surface area contributed by atoms with Gasteiger partial charge in [-0.3, -0.25) is 19.2 Å². The molecule has 2 aliphatic rings. The molecule has 21 heteroatoms. The third-order valence-corrected chi connectivity index (χ3v) is 15.4. The highest BCUT2D eigenvalue weighted by Gasteiger charge is 2.32. The Morgan fingerprint density at radius 2 is 1.03 bits per heavy atom. The van der Waals surface area contributed by atoms with E-state index in [-0.39, 0.29) is 30.1 Å². The number of nitrogens with one attached hydrogen (secondary N) is 2. The summed E-state index contributed by atoms with van der Waals surface area (Å²) in [5.41, 5.74) is 9.19. The summed E-state index contributed by atoms with van der Waals surface area (Å²) in [6, 6.07) is 28.2. The molecule has 5 N–H and O–H groups in total. The Balaban J connectivity index is 0.000000317. The van der Waals surface area contributed by atoms with Crippen LogP contribution in [0.3, 0.4) is 0 Å². The van der Waals surface area contributed by atoms with Crippen molar-refractivity contribution in [1.29, 1.82) is 0 Å². The molecule has 0 fully saturated rings. The number of carbonyl (C=O) groups excluding carboxylic acids is 2. The summed E-state index contributed by atoms with van der Waals surface area (Å²) < 4.78 is 37.0. The van der Waals surface area contributed by atoms with Crippen LogP contribution in [0.1, 0.15) is 86.4 Å². The van der Waals surface area contributed by atoms with Gasteiger partial charge in [-0.15, -0.1) is 28.4 Å². The van der Waals surface area contributed by atoms with Crippen LogP contribution in [-0.4, -0.2) is 79.2 Å². The molecular weight excluding hydrogens is 1110 g/mol. The van der Waals surface area contributed by atoms with E-state index in [1.165, 1.54) is 23.5 Å². The third-order valence-electron chi connectivity index (χ3n) is 12.9. The summed E-state index contributed by atoms with van der Waals surface area (Å²) >= 11 is 12.1. The summed E-state index contributed by atoms with van der Waals surface area (Å²) in [5, 5.41) is 17.3. The number of aryl methyl sites for hydroxylation is 2. The second-order valence-electron chi connectivity index (χ2n) is 17.0. The molecule has 0 bridgehead atoms. The minimum atomic E-state index is -0.448. The summed E-state index contributed by atoms with van der Waals surface area (Å²) in [5.74, 6) is 3.53. The smallest absolute Gasteiger partial charge is 0.251 e. The third kappa shape index (κ3) is 15.1. The van der Waals surface area contributed by atoms with Crippen molar-refractivity contribution in [3.05, 3.63) is 167 Å². The number of hydrogen-bond acceptors (Lipinski definition) is 18. The minimum Gasteiger partial charge on any atom is -0.493 e. The fourth-order valence-electron chi connectivity index (χ4n) is 9.43. The average Bonchev–Trinajstić information content (AvgIpc) is 3.98. The molecule has 6 aromatic carbocycles. The number of nitroso groups, excluding NO2 is 1. The highest BCUT2D eigenvalue weighted by atomic mass is 35.5. The number of carbonyl (C=O) groups is 2. The number of rotatable bonds is 16. The summed E-state index contributed by atoms with van der Waals surface area (Å²) in [6.45, 7) is 0. The normalized spacial score (nSPS) is 13.3. The number of amides is 2. The molecule has 16 nitrogen and oxygen atoms in total. The number of thiol groups is 1. The molecule has 0 unspecified atom stereocenters. The Morgan fingerprint density at radius 1 is 0.620 bits per heavy atom. The van der Waals surface area contributed by atoms with E-state index in [2.05, 4.69) is 44.9 Å². The minimum absolute atomic E-state index is 0. The predicted octanol–water partition coefficient (Wildman–Crippen LogP) is 11.4. The first kappa shape index (κ1) is 65.1. The van der Waals surface area contributed by atoms with E-state index in [4.69, 9.17) is 33.5 Å². The first-order valence-electron chi connectivity index (χ1n) is 24.0. The number of fused-ring (bicyclic) bond motifs is 6. The topological polar surface area (TPSA) is 223 Å². The van der Waals surface area contributed by atoms with Crippen LogP contribution in [-0.2, 0) is 24.3 Å². The van der Waals surface area contributed by atoms with Crippen LogP contribution in [0.5, 0.6) is 34.5 Å². The molecule has 8 rings (SSSR count). The second-order valence-corrected chi connectivity index (χ2v) is 19.7. The van der Waals surface area contributed by atoms with E-state index < -0.39 is 12.1 Å². The van der Waals surface area contributed by atoms with E-state index in [1.54, 1.807) is 85.1 Å². The van der Waals surface area contributed by atoms with E-state index in [1.807, 2.05) is 67.1 Å². The number of thioether (sulfide) groups is 2. The van der Waals surface area contributed by atoms with Crippen molar-refractivity contribution >= 4 is 71.7 Å². The lowest BCUT2D eigenvalue weighted by Crippen LogP contribution is -2.29. The van der Waals surface area contributed by atoms with Crippen LogP contribution in [0.2, 0.25) is 0 Å². The number of aliphatic hydroxyl groups is 1. The SMILES string of the molecule is C.CO.COc1cc2c(c(OC)c1OC)-c1ccc(SC)c(=O)cc1[C@@H](NC(=O)c1cccc(CS)c1)CC2.COc1cc2c(c(OC)c1OC)-c1ccc(SC)c(=O)cc1[C@@H](NC(=O)c1cccc(CSN=O)c1)CC2.NCl. The van der Waals surface area contributed by atoms with Gasteiger partial charge in [-0.25, -0.2) is 5.25 Å². The first-order valence-corrected chi connectivity index (χ1v) is 28.5. The second kappa shape index (κ2) is 32.0. The molecule has 2 aliphatic carbocycles. The lowest BCUT2D eigenvalue weighted by atomic mass is 9.95. The maximum absolute atomic E-state index is 13.4. The summed E-state index contributed by atoms with van der Waals surface area (Å²) in [6.07, 6.45) is 6.10. The van der Waals surface area contributed by atoms with Crippen molar-refractivity contribution in [3.63, 3.8) is 0 Å². The van der Waals surface area contributed by atoms with Gasteiger partial charge in [0.15, 0.2) is 33.9 Å². The largest absolute Gasteiger partial charge is 0.493 e. The number of hydrogen-bond donors (Lipinski definition) is 5. The molecule has 0 saturated heterocycles. The van der Waals surface area contributed by atoms with Gasteiger partial charge in [0.05, 0.1) is 64.5 Å². The van der Waals surface area contributed by atoms with Gasteiger partial charge < -0.3 is 44.2 Å². The van der Waals surface area contributed by atoms with Crippen LogP contribution in [0.15, 0.2) is 121 Å². The van der Waals surface area contributed by atoms with Gasteiger partial charge in [0.2, 0.25) is 11.5 Å². The van der Waals surface area contributed by atoms with E-state index in [9.17, 15) is 24.1 Å². The molecule has 0 heterocycles. The van der Waals surface area contributed by atoms with Crippen LogP contribution in [0.4, 0.5) is 0 Å². The standard InChI is InChI=1S/C28H28N2O6S2.C28H29NO5S2.CH4O.CH4.ClH2N/c1-34-23-13-17-8-10-21(29-28(32)18-7-5-6-16(12-18)15-38-30-33)20-14-22(31)24(37-4)11-9-19(20)25(17)27(36-3)26(23)35-2;1-32-23-13-17-8-10-21(29-28(31)18-7-5-6-16(12-18)15-35)20-14-22(30)24(36-4)11-9-19(20)25(17)27(34-3)26(23)33-2;1-2;;1-2/h5-7,9,11-14,21H,8,10,15H2,1-4H3,(H,29,32);5-7,9,11-14,21,35H,8,10,15H2,1-4H3,(H,29,31);2H,1H3;1H4;2H2/t2*21-;;;/m00.../s1. The average molecular weight is 1180 g/mol. The monoisotopic (exact) mass is 1170 g/mol. The molecule has 0 aromatic heterocycles. The van der Waals surface area contributed by atoms with Gasteiger partial charge in [0.25, 0.3) is 11.8 Å². The number of methoxy groups -OCH3 is 6. The molecule has 79 heavy (non-hydrogen) atoms. The molecule has 2 atom stereocenters. The zero-order valence-corrected chi connectivity index (χ0v) is 48.7. The van der Waals surface area contributed by atoms with E-state index in [0.29, 0.717) is 98.2 Å². The first-order chi connectivity index (χ1) is 37.9. The van der Waals surface area contributed by atoms with E-state index >= 15 is 0 Å². The molecule has 422 valence electrons. The predicted molar refractivity (Wildman–Crippen MR) is 324 cm³/mol. The number of aliphatic hydroxyl groups excluding tert-OH is 1. The Bertz CT molecular complexity index is 3230. The van der Waals surface area contributed by atoms with Crippen molar-refractivity contribution in [2.24, 2.45) is 9.83 Å². The van der Waals surface area contributed by atoms with Crippen molar-refractivity contribution in [1.82, 2.24) is 10.6 Å². The van der Waals surface area contributed by atoms with Gasteiger partial charge >= 0.3 is 0 Å². The van der Waals surface area contributed by atoms with Crippen LogP contribution in [0.25, 0.3) is 22.3 Å². The fourth-order valence-corrected chi connectivity index (χ4v) is 10.9. The molecule has 6 aromatic rings. The molecule has 0 saturated carbocycles. The van der Waals surface area contributed by atoms with Crippen molar-refractivity contribution in [3.8, 4) is 56.8 Å². The maximum atomic E-state index is 13.4. The van der Waals surface area contributed by atoms with Crippen molar-refractivity contribution < 1.29 is 43.1 Å². The highest BCUT2D eigenvalue weighted by molar-refractivity contribution is 7.98. The van der Waals surface area contributed by atoms with Gasteiger partial charge in [-0.2, -0.15) is 12.6 Å². The van der Waals surface area contributed by atoms with Crippen molar-refractivity contribution in [2.45, 2.75) is 66.5 Å². The van der Waals surface area contributed by atoms with Gasteiger partial charge in [0, 0.05) is 57.4 Å².